The highest BCUT2D eigenvalue weighted by atomic mass is 16.3. The molecule has 1 atom stereocenters. The van der Waals surface area contributed by atoms with Crippen LogP contribution in [0.3, 0.4) is 0 Å². The maximum Gasteiger partial charge on any atom is 0.0912 e. The molecular weight excluding hydrogens is 176 g/mol. The molecule has 2 aromatic rings. The zero-order valence-electron chi connectivity index (χ0n) is 8.12. The van der Waals surface area contributed by atoms with E-state index in [2.05, 4.69) is 11.1 Å². The first kappa shape index (κ1) is 9.24. The van der Waals surface area contributed by atoms with Crippen LogP contribution in [0.2, 0.25) is 0 Å². The Labute approximate surface area is 82.6 Å². The van der Waals surface area contributed by atoms with Crippen LogP contribution in [0, 0.1) is 6.92 Å². The molecule has 3 nitrogen and oxygen atoms in total. The van der Waals surface area contributed by atoms with E-state index in [0.717, 1.165) is 22.2 Å². The Kier molecular flexibility index (Phi) is 2.27. The van der Waals surface area contributed by atoms with Crippen molar-refractivity contribution in [3.05, 3.63) is 35.5 Å². The van der Waals surface area contributed by atoms with Crippen molar-refractivity contribution in [2.75, 3.05) is 6.54 Å². The Bertz CT molecular complexity index is 447. The normalized spacial score (nSPS) is 13.4. The summed E-state index contributed by atoms with van der Waals surface area (Å²) in [4.78, 5) is 3.23. The van der Waals surface area contributed by atoms with Crippen molar-refractivity contribution in [3.63, 3.8) is 0 Å². The van der Waals surface area contributed by atoms with Crippen molar-refractivity contribution < 1.29 is 5.11 Å². The highest BCUT2D eigenvalue weighted by Gasteiger charge is 2.06. The van der Waals surface area contributed by atoms with E-state index < -0.39 is 6.10 Å². The number of aromatic nitrogens is 1. The number of fused-ring (bicyclic) bond motifs is 1. The summed E-state index contributed by atoms with van der Waals surface area (Å²) in [6.45, 7) is 2.27. The standard InChI is InChI=1S/C11H14N2O/c1-7-4-9-5-8(11(14)6-12)2-3-10(9)13-7/h2-5,11,13-14H,6,12H2,1H3. The maximum atomic E-state index is 9.56. The monoisotopic (exact) mass is 190 g/mol. The molecule has 1 aromatic carbocycles. The predicted octanol–water partition coefficient (Wildman–Crippen LogP) is 1.47. The number of H-pyrrole nitrogens is 1. The van der Waals surface area contributed by atoms with E-state index in [1.807, 2.05) is 25.1 Å². The van der Waals surface area contributed by atoms with Gasteiger partial charge in [0.2, 0.25) is 0 Å². The molecule has 0 spiro atoms. The average molecular weight is 190 g/mol. The molecule has 1 aromatic heterocycles. The van der Waals surface area contributed by atoms with Gasteiger partial charge in [-0.2, -0.15) is 0 Å². The first-order valence-corrected chi connectivity index (χ1v) is 4.68. The molecule has 2 rings (SSSR count). The van der Waals surface area contributed by atoms with Gasteiger partial charge in [0.15, 0.2) is 0 Å². The molecular formula is C11H14N2O. The first-order valence-electron chi connectivity index (χ1n) is 4.68. The van der Waals surface area contributed by atoms with Crippen LogP contribution < -0.4 is 5.73 Å². The van der Waals surface area contributed by atoms with Crippen LogP contribution in [0.15, 0.2) is 24.3 Å². The van der Waals surface area contributed by atoms with Gasteiger partial charge in [-0.3, -0.25) is 0 Å². The third-order valence-electron chi connectivity index (χ3n) is 2.39. The minimum atomic E-state index is -0.561. The Morgan fingerprint density at radius 3 is 2.93 bits per heavy atom. The van der Waals surface area contributed by atoms with Crippen LogP contribution in [0.25, 0.3) is 10.9 Å². The third-order valence-corrected chi connectivity index (χ3v) is 2.39. The average Bonchev–Trinajstić information content (AvgIpc) is 2.55. The first-order chi connectivity index (χ1) is 6.70. The summed E-state index contributed by atoms with van der Waals surface area (Å²) in [5.74, 6) is 0. The summed E-state index contributed by atoms with van der Waals surface area (Å²) in [5, 5.41) is 10.7. The molecule has 1 heterocycles. The zero-order chi connectivity index (χ0) is 10.1. The van der Waals surface area contributed by atoms with Gasteiger partial charge in [-0.15, -0.1) is 0 Å². The Morgan fingerprint density at radius 2 is 2.21 bits per heavy atom. The fourth-order valence-electron chi connectivity index (χ4n) is 1.64. The lowest BCUT2D eigenvalue weighted by Crippen LogP contribution is -2.11. The Morgan fingerprint density at radius 1 is 1.43 bits per heavy atom. The van der Waals surface area contributed by atoms with Crippen molar-refractivity contribution in [1.29, 1.82) is 0 Å². The van der Waals surface area contributed by atoms with E-state index in [1.54, 1.807) is 0 Å². The van der Waals surface area contributed by atoms with Gasteiger partial charge < -0.3 is 15.8 Å². The maximum absolute atomic E-state index is 9.56. The van der Waals surface area contributed by atoms with Gasteiger partial charge in [0.1, 0.15) is 0 Å². The van der Waals surface area contributed by atoms with Crippen LogP contribution in [-0.2, 0) is 0 Å². The van der Waals surface area contributed by atoms with Gasteiger partial charge in [0.05, 0.1) is 6.10 Å². The summed E-state index contributed by atoms with van der Waals surface area (Å²) in [6, 6.07) is 7.89. The summed E-state index contributed by atoms with van der Waals surface area (Å²) >= 11 is 0. The van der Waals surface area contributed by atoms with Crippen LogP contribution in [0.1, 0.15) is 17.4 Å². The lowest BCUT2D eigenvalue weighted by molar-refractivity contribution is 0.187. The highest BCUT2D eigenvalue weighted by molar-refractivity contribution is 5.81. The number of hydrogen-bond acceptors (Lipinski definition) is 2. The van der Waals surface area contributed by atoms with E-state index >= 15 is 0 Å². The SMILES string of the molecule is Cc1cc2cc(C(O)CN)ccc2[nH]1. The lowest BCUT2D eigenvalue weighted by atomic mass is 10.1. The number of aryl methyl sites for hydroxylation is 1. The molecule has 3 heteroatoms. The summed E-state index contributed by atoms with van der Waals surface area (Å²) < 4.78 is 0. The number of benzene rings is 1. The number of aliphatic hydroxyl groups is 1. The van der Waals surface area contributed by atoms with Crippen molar-refractivity contribution in [2.24, 2.45) is 5.73 Å². The molecule has 74 valence electrons. The second-order valence-corrected chi connectivity index (χ2v) is 3.55. The molecule has 0 bridgehead atoms. The fraction of sp³-hybridized carbons (Fsp3) is 0.273. The van der Waals surface area contributed by atoms with Crippen molar-refractivity contribution >= 4 is 10.9 Å². The summed E-state index contributed by atoms with van der Waals surface area (Å²) in [7, 11) is 0. The van der Waals surface area contributed by atoms with E-state index in [4.69, 9.17) is 5.73 Å². The number of aromatic amines is 1. The van der Waals surface area contributed by atoms with Gasteiger partial charge >= 0.3 is 0 Å². The van der Waals surface area contributed by atoms with E-state index in [-0.39, 0.29) is 6.54 Å². The van der Waals surface area contributed by atoms with Crippen molar-refractivity contribution in [3.8, 4) is 0 Å². The topological polar surface area (TPSA) is 62.0 Å². The molecule has 0 aliphatic heterocycles. The van der Waals surface area contributed by atoms with Crippen molar-refractivity contribution in [2.45, 2.75) is 13.0 Å². The van der Waals surface area contributed by atoms with Gasteiger partial charge in [-0.25, -0.2) is 0 Å². The molecule has 0 saturated heterocycles. The number of hydrogen-bond donors (Lipinski definition) is 3. The van der Waals surface area contributed by atoms with Gasteiger partial charge in [0.25, 0.3) is 0 Å². The third kappa shape index (κ3) is 1.52. The van der Waals surface area contributed by atoms with Crippen molar-refractivity contribution in [1.82, 2.24) is 4.98 Å². The molecule has 14 heavy (non-hydrogen) atoms. The largest absolute Gasteiger partial charge is 0.387 e. The molecule has 0 amide bonds. The molecule has 0 aliphatic carbocycles. The predicted molar refractivity (Wildman–Crippen MR) is 57.0 cm³/mol. The van der Waals surface area contributed by atoms with Gasteiger partial charge in [-0.05, 0) is 36.1 Å². The number of rotatable bonds is 2. The molecule has 0 radical (unpaired) electrons. The number of aliphatic hydroxyl groups excluding tert-OH is 1. The second-order valence-electron chi connectivity index (χ2n) is 3.55. The second kappa shape index (κ2) is 3.44. The van der Waals surface area contributed by atoms with Gasteiger partial charge in [-0.1, -0.05) is 6.07 Å². The Hall–Kier alpha value is -1.32. The molecule has 0 saturated carbocycles. The van der Waals surface area contributed by atoms with E-state index in [0.29, 0.717) is 0 Å². The minimum Gasteiger partial charge on any atom is -0.387 e. The van der Waals surface area contributed by atoms with Crippen LogP contribution in [0.5, 0.6) is 0 Å². The fourth-order valence-corrected chi connectivity index (χ4v) is 1.64. The van der Waals surface area contributed by atoms with E-state index in [9.17, 15) is 5.11 Å². The van der Waals surface area contributed by atoms with Crippen LogP contribution >= 0.6 is 0 Å². The molecule has 0 aliphatic rings. The molecule has 4 N–H and O–H groups in total. The van der Waals surface area contributed by atoms with Gasteiger partial charge in [0, 0.05) is 17.8 Å². The smallest absolute Gasteiger partial charge is 0.0912 e. The van der Waals surface area contributed by atoms with Crippen LogP contribution in [0.4, 0.5) is 0 Å². The molecule has 0 fully saturated rings. The number of nitrogens with two attached hydrogens (primary N) is 1. The van der Waals surface area contributed by atoms with E-state index in [1.165, 1.54) is 0 Å². The number of nitrogens with one attached hydrogen (secondary N) is 1. The zero-order valence-corrected chi connectivity index (χ0v) is 8.12. The quantitative estimate of drug-likeness (QED) is 0.671. The van der Waals surface area contributed by atoms with Crippen LogP contribution in [-0.4, -0.2) is 16.6 Å². The molecule has 1 unspecified atom stereocenters. The Balaban J connectivity index is 2.50. The summed E-state index contributed by atoms with van der Waals surface area (Å²) in [6.07, 6.45) is -0.561. The highest BCUT2D eigenvalue weighted by Crippen LogP contribution is 2.20. The minimum absolute atomic E-state index is 0.259. The summed E-state index contributed by atoms with van der Waals surface area (Å²) in [5.41, 5.74) is 8.49. The lowest BCUT2D eigenvalue weighted by Gasteiger charge is -2.07.